The van der Waals surface area contributed by atoms with Gasteiger partial charge in [0.25, 0.3) is 5.91 Å². The van der Waals surface area contributed by atoms with Gasteiger partial charge in [0.05, 0.1) is 0 Å². The van der Waals surface area contributed by atoms with Crippen molar-refractivity contribution in [3.05, 3.63) is 59.5 Å². The Kier molecular flexibility index (Phi) is 4.45. The molecule has 3 N–H and O–H groups in total. The second kappa shape index (κ2) is 6.79. The number of primary amides is 1. The normalized spacial score (nSPS) is 28.1. The molecule has 0 spiro atoms. The topological polar surface area (TPSA) is 112 Å². The van der Waals surface area contributed by atoms with Gasteiger partial charge in [0.2, 0.25) is 17.5 Å². The predicted molar refractivity (Wildman–Crippen MR) is 94.8 cm³/mol. The Morgan fingerprint density at radius 2 is 2.07 bits per heavy atom. The van der Waals surface area contributed by atoms with Crippen molar-refractivity contribution in [2.45, 2.75) is 37.3 Å². The Bertz CT molecular complexity index is 860. The van der Waals surface area contributed by atoms with Crippen LogP contribution in [-0.2, 0) is 19.9 Å². The highest BCUT2D eigenvalue weighted by molar-refractivity contribution is 5.90. The zero-order valence-corrected chi connectivity index (χ0v) is 15.2. The maximum Gasteiger partial charge on any atom is 0.286 e. The van der Waals surface area contributed by atoms with E-state index in [0.717, 1.165) is 18.4 Å². The second-order valence-electron chi connectivity index (χ2n) is 7.03. The Morgan fingerprint density at radius 3 is 2.70 bits per heavy atom. The Balaban J connectivity index is 1.56. The number of methoxy groups -OCH3 is 1. The summed E-state index contributed by atoms with van der Waals surface area (Å²) in [7, 11) is 1.60. The first-order chi connectivity index (χ1) is 13.0. The lowest BCUT2D eigenvalue weighted by Crippen LogP contribution is -2.48. The highest BCUT2D eigenvalue weighted by Crippen LogP contribution is 2.52. The molecule has 27 heavy (non-hydrogen) atoms. The molecule has 4 rings (SSSR count). The molecule has 1 amide bonds. The largest absolute Gasteiger partial charge is 0.422 e. The molecular weight excluding hydrogens is 348 g/mol. The molecule has 1 fully saturated rings. The SMILES string of the molecule is CO[C@H](C)c1nnc(C2CC([C@@]3(c4ccccc4)C=C(C(N)=O)ON3)C2)o1. The lowest BCUT2D eigenvalue weighted by Gasteiger charge is -2.44. The molecule has 1 aromatic heterocycles. The first-order valence-corrected chi connectivity index (χ1v) is 8.91. The van der Waals surface area contributed by atoms with Crippen LogP contribution in [0.5, 0.6) is 0 Å². The van der Waals surface area contributed by atoms with E-state index in [1.54, 1.807) is 13.2 Å². The number of nitrogens with two attached hydrogens (primary N) is 1. The monoisotopic (exact) mass is 370 g/mol. The average molecular weight is 370 g/mol. The van der Waals surface area contributed by atoms with Gasteiger partial charge in [-0.2, -0.15) is 0 Å². The van der Waals surface area contributed by atoms with Crippen molar-refractivity contribution >= 4 is 5.91 Å². The van der Waals surface area contributed by atoms with E-state index in [-0.39, 0.29) is 23.7 Å². The number of nitrogens with one attached hydrogen (secondary N) is 1. The van der Waals surface area contributed by atoms with Crippen LogP contribution in [0.1, 0.15) is 49.1 Å². The van der Waals surface area contributed by atoms with E-state index in [1.807, 2.05) is 37.3 Å². The Morgan fingerprint density at radius 1 is 1.33 bits per heavy atom. The molecule has 1 aliphatic heterocycles. The highest BCUT2D eigenvalue weighted by atomic mass is 16.7. The van der Waals surface area contributed by atoms with Crippen LogP contribution >= 0.6 is 0 Å². The highest BCUT2D eigenvalue weighted by Gasteiger charge is 2.51. The maximum atomic E-state index is 11.6. The molecule has 1 aliphatic carbocycles. The molecule has 8 nitrogen and oxygen atoms in total. The molecule has 2 aliphatic rings. The van der Waals surface area contributed by atoms with Crippen LogP contribution in [0.2, 0.25) is 0 Å². The van der Waals surface area contributed by atoms with Crippen LogP contribution in [-0.4, -0.2) is 23.2 Å². The summed E-state index contributed by atoms with van der Waals surface area (Å²) in [4.78, 5) is 17.0. The molecule has 2 atom stereocenters. The third kappa shape index (κ3) is 3.00. The molecular formula is C19H22N4O4. The number of carbonyl (C=O) groups is 1. The van der Waals surface area contributed by atoms with Gasteiger partial charge in [-0.3, -0.25) is 4.79 Å². The number of nitrogens with zero attached hydrogens (tertiary/aromatic N) is 2. The van der Waals surface area contributed by atoms with Crippen molar-refractivity contribution in [3.8, 4) is 0 Å². The maximum absolute atomic E-state index is 11.6. The van der Waals surface area contributed by atoms with Gasteiger partial charge in [0.1, 0.15) is 11.6 Å². The molecule has 2 aromatic rings. The zero-order chi connectivity index (χ0) is 19.0. The summed E-state index contributed by atoms with van der Waals surface area (Å²) >= 11 is 0. The molecule has 0 bridgehead atoms. The molecule has 0 radical (unpaired) electrons. The van der Waals surface area contributed by atoms with Crippen LogP contribution < -0.4 is 11.2 Å². The fourth-order valence-corrected chi connectivity index (χ4v) is 3.69. The minimum Gasteiger partial charge on any atom is -0.422 e. The van der Waals surface area contributed by atoms with E-state index in [0.29, 0.717) is 11.8 Å². The van der Waals surface area contributed by atoms with Crippen molar-refractivity contribution in [3.63, 3.8) is 0 Å². The van der Waals surface area contributed by atoms with Gasteiger partial charge < -0.3 is 19.7 Å². The lowest BCUT2D eigenvalue weighted by atomic mass is 9.62. The molecule has 142 valence electrons. The van der Waals surface area contributed by atoms with Crippen molar-refractivity contribution in [1.29, 1.82) is 0 Å². The molecule has 2 heterocycles. The van der Waals surface area contributed by atoms with Gasteiger partial charge in [0, 0.05) is 13.0 Å². The van der Waals surface area contributed by atoms with E-state index in [1.165, 1.54) is 0 Å². The van der Waals surface area contributed by atoms with Crippen LogP contribution in [0.3, 0.4) is 0 Å². The summed E-state index contributed by atoms with van der Waals surface area (Å²) in [5.41, 5.74) is 8.86. The van der Waals surface area contributed by atoms with E-state index in [9.17, 15) is 4.79 Å². The number of hydrogen-bond donors (Lipinski definition) is 2. The van der Waals surface area contributed by atoms with E-state index in [4.69, 9.17) is 19.7 Å². The van der Waals surface area contributed by atoms with Crippen molar-refractivity contribution in [1.82, 2.24) is 15.7 Å². The molecule has 0 unspecified atom stereocenters. The van der Waals surface area contributed by atoms with E-state index >= 15 is 0 Å². The molecule has 0 saturated heterocycles. The van der Waals surface area contributed by atoms with Gasteiger partial charge in [-0.25, -0.2) is 0 Å². The van der Waals surface area contributed by atoms with Crippen LogP contribution in [0.4, 0.5) is 0 Å². The zero-order valence-electron chi connectivity index (χ0n) is 15.2. The molecule has 1 aromatic carbocycles. The summed E-state index contributed by atoms with van der Waals surface area (Å²) in [6, 6.07) is 9.89. The third-order valence-electron chi connectivity index (χ3n) is 5.47. The number of ether oxygens (including phenoxy) is 1. The van der Waals surface area contributed by atoms with Gasteiger partial charge in [-0.15, -0.1) is 15.7 Å². The van der Waals surface area contributed by atoms with Crippen molar-refractivity contribution < 1.29 is 18.8 Å². The van der Waals surface area contributed by atoms with Gasteiger partial charge in [-0.1, -0.05) is 30.3 Å². The quantitative estimate of drug-likeness (QED) is 0.800. The summed E-state index contributed by atoms with van der Waals surface area (Å²) < 4.78 is 11.0. The third-order valence-corrected chi connectivity index (χ3v) is 5.47. The van der Waals surface area contributed by atoms with Gasteiger partial charge in [-0.05, 0) is 37.3 Å². The summed E-state index contributed by atoms with van der Waals surface area (Å²) in [5, 5.41) is 8.24. The number of hydrogen-bond acceptors (Lipinski definition) is 7. The van der Waals surface area contributed by atoms with E-state index < -0.39 is 11.4 Å². The fourth-order valence-electron chi connectivity index (χ4n) is 3.69. The standard InChI is InChI=1S/C19H22N4O4/c1-11(25-2)17-21-22-18(26-17)12-8-14(9-12)19(13-6-4-3-5-7-13)10-15(16(20)24)27-23-19/h3-7,10-12,14,23H,8-9H2,1-2H3,(H2,20,24)/t11-,12?,14?,19+/m1/s1. The predicted octanol–water partition coefficient (Wildman–Crippen LogP) is 2.07. The smallest absolute Gasteiger partial charge is 0.286 e. The number of hydroxylamine groups is 1. The van der Waals surface area contributed by atoms with Crippen LogP contribution in [0.15, 0.2) is 46.6 Å². The number of rotatable bonds is 6. The first-order valence-electron chi connectivity index (χ1n) is 8.91. The molecule has 1 saturated carbocycles. The minimum atomic E-state index is -0.606. The second-order valence-corrected chi connectivity index (χ2v) is 7.03. The number of amides is 1. The average Bonchev–Trinajstić information content (AvgIpc) is 3.29. The first kappa shape index (κ1) is 17.7. The Labute approximate surface area is 156 Å². The minimum absolute atomic E-state index is 0.135. The Hall–Kier alpha value is -2.71. The summed E-state index contributed by atoms with van der Waals surface area (Å²) in [6.45, 7) is 1.86. The summed E-state index contributed by atoms with van der Waals surface area (Å²) in [5.74, 6) is 0.992. The van der Waals surface area contributed by atoms with E-state index in [2.05, 4.69) is 15.7 Å². The van der Waals surface area contributed by atoms with Crippen molar-refractivity contribution in [2.75, 3.05) is 7.11 Å². The summed E-state index contributed by atoms with van der Waals surface area (Å²) in [6.07, 6.45) is 3.19. The van der Waals surface area contributed by atoms with Crippen LogP contribution in [0.25, 0.3) is 0 Å². The van der Waals surface area contributed by atoms with Gasteiger partial charge >= 0.3 is 0 Å². The van der Waals surface area contributed by atoms with Gasteiger partial charge in [0.15, 0.2) is 0 Å². The van der Waals surface area contributed by atoms with Crippen molar-refractivity contribution in [2.24, 2.45) is 11.7 Å². The lowest BCUT2D eigenvalue weighted by molar-refractivity contribution is -0.119. The van der Waals surface area contributed by atoms with Crippen LogP contribution in [0, 0.1) is 5.92 Å². The number of aromatic nitrogens is 2. The fraction of sp³-hybridized carbons (Fsp3) is 0.421. The number of carbonyl (C=O) groups excluding carboxylic acids is 1. The molecule has 8 heteroatoms. The number of benzene rings is 1.